The van der Waals surface area contributed by atoms with E-state index >= 15 is 0 Å². The normalized spacial score (nSPS) is 11.7. The summed E-state index contributed by atoms with van der Waals surface area (Å²) in [5.41, 5.74) is 1.44. The topological polar surface area (TPSA) is 66.9 Å². The summed E-state index contributed by atoms with van der Waals surface area (Å²) >= 11 is 0. The Balaban J connectivity index is 1.72. The maximum atomic E-state index is 13.3. The molecule has 1 atom stereocenters. The van der Waals surface area contributed by atoms with Crippen LogP contribution >= 0.6 is 0 Å². The number of nitrogens with one attached hydrogen (secondary N) is 2. The fourth-order valence-electron chi connectivity index (χ4n) is 2.37. The highest BCUT2D eigenvalue weighted by atomic mass is 19.2. The third-order valence-electron chi connectivity index (χ3n) is 3.74. The minimum absolute atomic E-state index is 0.160. The highest BCUT2D eigenvalue weighted by Gasteiger charge is 2.13. The van der Waals surface area contributed by atoms with E-state index in [4.69, 9.17) is 0 Å². The van der Waals surface area contributed by atoms with E-state index in [1.165, 1.54) is 18.5 Å². The van der Waals surface area contributed by atoms with E-state index in [0.717, 1.165) is 17.7 Å². The molecule has 1 amide bonds. The summed E-state index contributed by atoms with van der Waals surface area (Å²) in [5, 5.41) is 5.67. The fraction of sp³-hybridized carbons (Fsp3) is 0.105. The maximum Gasteiger partial charge on any atom is 0.270 e. The molecule has 0 radical (unpaired) electrons. The maximum absolute atomic E-state index is 13.3. The van der Waals surface area contributed by atoms with Crippen molar-refractivity contribution in [3.63, 3.8) is 0 Å². The first-order valence-electron chi connectivity index (χ1n) is 7.93. The van der Waals surface area contributed by atoms with Crippen LogP contribution in [0.25, 0.3) is 0 Å². The zero-order valence-corrected chi connectivity index (χ0v) is 13.9. The molecule has 0 spiro atoms. The molecule has 0 bridgehead atoms. The number of carbonyl (C=O) groups excluding carboxylic acids is 1. The molecular formula is C19H16F2N4O. The molecule has 0 aliphatic heterocycles. The Morgan fingerprint density at radius 2 is 1.77 bits per heavy atom. The third kappa shape index (κ3) is 4.18. The van der Waals surface area contributed by atoms with Gasteiger partial charge in [-0.05, 0) is 24.6 Å². The fourth-order valence-corrected chi connectivity index (χ4v) is 2.37. The molecule has 0 aliphatic carbocycles. The quantitative estimate of drug-likeness (QED) is 0.727. The monoisotopic (exact) mass is 354 g/mol. The molecule has 1 aromatic heterocycles. The average molecular weight is 354 g/mol. The van der Waals surface area contributed by atoms with Gasteiger partial charge in [0.05, 0.1) is 6.04 Å². The van der Waals surface area contributed by atoms with Gasteiger partial charge in [-0.2, -0.15) is 0 Å². The van der Waals surface area contributed by atoms with Crippen molar-refractivity contribution < 1.29 is 13.6 Å². The number of rotatable bonds is 5. The number of anilines is 2. The van der Waals surface area contributed by atoms with Crippen molar-refractivity contribution in [2.75, 3.05) is 5.32 Å². The Morgan fingerprint density at radius 1 is 1.00 bits per heavy atom. The summed E-state index contributed by atoms with van der Waals surface area (Å²) in [5.74, 6) is -1.98. The number of hydrogen-bond donors (Lipinski definition) is 2. The SMILES string of the molecule is CC(NC(=O)c1cc(Nc2ccc(F)c(F)c2)ncn1)c1ccccc1. The van der Waals surface area contributed by atoms with Crippen LogP contribution in [-0.4, -0.2) is 15.9 Å². The number of benzene rings is 2. The number of halogens is 2. The zero-order valence-electron chi connectivity index (χ0n) is 13.9. The van der Waals surface area contributed by atoms with E-state index in [9.17, 15) is 13.6 Å². The number of carbonyl (C=O) groups is 1. The molecule has 2 aromatic carbocycles. The van der Waals surface area contributed by atoms with E-state index in [1.807, 2.05) is 37.3 Å². The summed E-state index contributed by atoms with van der Waals surface area (Å²) in [4.78, 5) is 20.3. The zero-order chi connectivity index (χ0) is 18.5. The Labute approximate surface area is 149 Å². The first kappa shape index (κ1) is 17.5. The van der Waals surface area contributed by atoms with E-state index in [1.54, 1.807) is 0 Å². The van der Waals surface area contributed by atoms with Crippen LogP contribution in [0.4, 0.5) is 20.3 Å². The highest BCUT2D eigenvalue weighted by molar-refractivity contribution is 5.93. The summed E-state index contributed by atoms with van der Waals surface area (Å²) in [6, 6.07) is 14.2. The molecule has 26 heavy (non-hydrogen) atoms. The Bertz CT molecular complexity index is 918. The van der Waals surface area contributed by atoms with Gasteiger partial charge in [-0.1, -0.05) is 30.3 Å². The Kier molecular flexibility index (Phi) is 5.17. The van der Waals surface area contributed by atoms with Gasteiger partial charge < -0.3 is 10.6 Å². The van der Waals surface area contributed by atoms with Gasteiger partial charge in [0.1, 0.15) is 17.8 Å². The first-order chi connectivity index (χ1) is 12.5. The largest absolute Gasteiger partial charge is 0.344 e. The molecule has 0 saturated heterocycles. The number of hydrogen-bond acceptors (Lipinski definition) is 4. The van der Waals surface area contributed by atoms with Crippen molar-refractivity contribution >= 4 is 17.4 Å². The van der Waals surface area contributed by atoms with Crippen molar-refractivity contribution in [1.82, 2.24) is 15.3 Å². The molecule has 0 aliphatic rings. The van der Waals surface area contributed by atoms with Crippen LogP contribution in [0.2, 0.25) is 0 Å². The van der Waals surface area contributed by atoms with E-state index < -0.39 is 11.6 Å². The molecule has 1 unspecified atom stereocenters. The number of amides is 1. The molecule has 5 nitrogen and oxygen atoms in total. The summed E-state index contributed by atoms with van der Waals surface area (Å²) < 4.78 is 26.3. The van der Waals surface area contributed by atoms with Crippen LogP contribution in [0.5, 0.6) is 0 Å². The van der Waals surface area contributed by atoms with Gasteiger partial charge in [0, 0.05) is 17.8 Å². The van der Waals surface area contributed by atoms with Crippen molar-refractivity contribution in [3.05, 3.63) is 83.8 Å². The van der Waals surface area contributed by atoms with Crippen LogP contribution < -0.4 is 10.6 Å². The molecule has 0 saturated carbocycles. The predicted octanol–water partition coefficient (Wildman–Crippen LogP) is 3.99. The van der Waals surface area contributed by atoms with Gasteiger partial charge in [0.25, 0.3) is 5.91 Å². The predicted molar refractivity (Wildman–Crippen MR) is 94.0 cm³/mol. The van der Waals surface area contributed by atoms with Crippen molar-refractivity contribution in [1.29, 1.82) is 0 Å². The van der Waals surface area contributed by atoms with E-state index in [-0.39, 0.29) is 17.6 Å². The van der Waals surface area contributed by atoms with E-state index in [0.29, 0.717) is 11.5 Å². The summed E-state index contributed by atoms with van der Waals surface area (Å²) in [7, 11) is 0. The number of nitrogens with zero attached hydrogens (tertiary/aromatic N) is 2. The van der Waals surface area contributed by atoms with Gasteiger partial charge in [-0.15, -0.1) is 0 Å². The highest BCUT2D eigenvalue weighted by Crippen LogP contribution is 2.18. The molecule has 3 aromatic rings. The van der Waals surface area contributed by atoms with Gasteiger partial charge >= 0.3 is 0 Å². The Hall–Kier alpha value is -3.35. The minimum atomic E-state index is -0.973. The minimum Gasteiger partial charge on any atom is -0.344 e. The van der Waals surface area contributed by atoms with Crippen LogP contribution in [0.3, 0.4) is 0 Å². The third-order valence-corrected chi connectivity index (χ3v) is 3.74. The molecule has 1 heterocycles. The van der Waals surface area contributed by atoms with Crippen molar-refractivity contribution in [2.24, 2.45) is 0 Å². The smallest absolute Gasteiger partial charge is 0.270 e. The van der Waals surface area contributed by atoms with Crippen LogP contribution in [0.1, 0.15) is 29.0 Å². The molecule has 132 valence electrons. The number of aromatic nitrogens is 2. The van der Waals surface area contributed by atoms with Crippen molar-refractivity contribution in [3.8, 4) is 0 Å². The van der Waals surface area contributed by atoms with Gasteiger partial charge in [-0.3, -0.25) is 4.79 Å². The van der Waals surface area contributed by atoms with Crippen LogP contribution in [0.15, 0.2) is 60.9 Å². The lowest BCUT2D eigenvalue weighted by atomic mass is 10.1. The second-order valence-electron chi connectivity index (χ2n) is 5.65. The Morgan fingerprint density at radius 3 is 2.50 bits per heavy atom. The van der Waals surface area contributed by atoms with Crippen LogP contribution in [-0.2, 0) is 0 Å². The summed E-state index contributed by atoms with van der Waals surface area (Å²) in [6.45, 7) is 1.87. The lowest BCUT2D eigenvalue weighted by molar-refractivity contribution is 0.0934. The second-order valence-corrected chi connectivity index (χ2v) is 5.65. The van der Waals surface area contributed by atoms with E-state index in [2.05, 4.69) is 20.6 Å². The molecule has 0 fully saturated rings. The van der Waals surface area contributed by atoms with Crippen molar-refractivity contribution in [2.45, 2.75) is 13.0 Å². The van der Waals surface area contributed by atoms with Gasteiger partial charge in [-0.25, -0.2) is 18.7 Å². The lowest BCUT2D eigenvalue weighted by Gasteiger charge is -2.14. The standard InChI is InChI=1S/C19H16F2N4O/c1-12(13-5-3-2-4-6-13)24-19(26)17-10-18(23-11-22-17)25-14-7-8-15(20)16(21)9-14/h2-12H,1H3,(H,24,26)(H,22,23,25). The average Bonchev–Trinajstić information content (AvgIpc) is 2.65. The van der Waals surface area contributed by atoms with Crippen LogP contribution in [0, 0.1) is 11.6 Å². The van der Waals surface area contributed by atoms with Gasteiger partial charge in [0.2, 0.25) is 0 Å². The molecule has 3 rings (SSSR count). The molecular weight excluding hydrogens is 338 g/mol. The molecule has 7 heteroatoms. The summed E-state index contributed by atoms with van der Waals surface area (Å²) in [6.07, 6.45) is 1.23. The lowest BCUT2D eigenvalue weighted by Crippen LogP contribution is -2.27. The molecule has 2 N–H and O–H groups in total. The second kappa shape index (κ2) is 7.69. The first-order valence-corrected chi connectivity index (χ1v) is 7.93. The van der Waals surface area contributed by atoms with Gasteiger partial charge in [0.15, 0.2) is 11.6 Å².